The maximum atomic E-state index is 12.0. The van der Waals surface area contributed by atoms with Gasteiger partial charge >= 0.3 is 0 Å². The molecule has 1 fully saturated rings. The lowest BCUT2D eigenvalue weighted by Crippen LogP contribution is -2.48. The third-order valence-corrected chi connectivity index (χ3v) is 3.20. The first kappa shape index (κ1) is 11.5. The van der Waals surface area contributed by atoms with Gasteiger partial charge in [-0.3, -0.25) is 4.79 Å². The van der Waals surface area contributed by atoms with E-state index in [1.807, 2.05) is 11.8 Å². The first-order chi connectivity index (χ1) is 6.70. The molecule has 0 aromatic carbocycles. The molecule has 0 aliphatic heterocycles. The first-order valence-electron chi connectivity index (χ1n) is 5.71. The molecule has 0 radical (unpaired) electrons. The Kier molecular flexibility index (Phi) is 4.39. The molecule has 1 unspecified atom stereocenters. The van der Waals surface area contributed by atoms with Gasteiger partial charge in [-0.05, 0) is 25.7 Å². The van der Waals surface area contributed by atoms with Crippen LogP contribution in [0.5, 0.6) is 0 Å². The van der Waals surface area contributed by atoms with Crippen molar-refractivity contribution in [3.8, 4) is 0 Å². The van der Waals surface area contributed by atoms with Crippen molar-refractivity contribution in [2.45, 2.75) is 45.6 Å². The highest BCUT2D eigenvalue weighted by atomic mass is 16.2. The highest BCUT2D eigenvalue weighted by Crippen LogP contribution is 2.26. The summed E-state index contributed by atoms with van der Waals surface area (Å²) in [6, 6.07) is 0.486. The van der Waals surface area contributed by atoms with Gasteiger partial charge in [0.2, 0.25) is 5.91 Å². The Morgan fingerprint density at radius 3 is 2.57 bits per heavy atom. The Morgan fingerprint density at radius 2 is 2.21 bits per heavy atom. The van der Waals surface area contributed by atoms with Crippen molar-refractivity contribution in [1.82, 2.24) is 4.90 Å². The average molecular weight is 198 g/mol. The van der Waals surface area contributed by atoms with Gasteiger partial charge in [-0.25, -0.2) is 0 Å². The van der Waals surface area contributed by atoms with E-state index in [2.05, 4.69) is 6.92 Å². The van der Waals surface area contributed by atoms with E-state index >= 15 is 0 Å². The fourth-order valence-corrected chi connectivity index (χ4v) is 1.77. The van der Waals surface area contributed by atoms with Gasteiger partial charge in [0.25, 0.3) is 0 Å². The SMILES string of the molecule is CCC(C)C(=O)N(CCN)C1CCC1. The van der Waals surface area contributed by atoms with Crippen LogP contribution < -0.4 is 5.73 Å². The number of amides is 1. The summed E-state index contributed by atoms with van der Waals surface area (Å²) in [7, 11) is 0. The predicted octanol–water partition coefficient (Wildman–Crippen LogP) is 1.37. The minimum absolute atomic E-state index is 0.155. The van der Waals surface area contributed by atoms with Crippen LogP contribution in [-0.2, 0) is 4.79 Å². The molecular formula is C11H22N2O. The second kappa shape index (κ2) is 5.35. The first-order valence-corrected chi connectivity index (χ1v) is 5.71. The van der Waals surface area contributed by atoms with Crippen LogP contribution in [0.2, 0.25) is 0 Å². The summed E-state index contributed by atoms with van der Waals surface area (Å²) in [4.78, 5) is 14.0. The molecule has 0 aromatic heterocycles. The topological polar surface area (TPSA) is 46.3 Å². The third kappa shape index (κ3) is 2.47. The molecule has 1 aliphatic carbocycles. The number of hydrogen-bond acceptors (Lipinski definition) is 2. The maximum absolute atomic E-state index is 12.0. The lowest BCUT2D eigenvalue weighted by atomic mass is 9.90. The van der Waals surface area contributed by atoms with E-state index in [1.54, 1.807) is 0 Å². The van der Waals surface area contributed by atoms with Crippen molar-refractivity contribution >= 4 is 5.91 Å². The number of nitrogens with zero attached hydrogens (tertiary/aromatic N) is 1. The van der Waals surface area contributed by atoms with Crippen molar-refractivity contribution in [2.75, 3.05) is 13.1 Å². The molecule has 1 aliphatic rings. The Labute approximate surface area is 86.6 Å². The normalized spacial score (nSPS) is 18.8. The van der Waals surface area contributed by atoms with E-state index in [1.165, 1.54) is 19.3 Å². The van der Waals surface area contributed by atoms with Crippen molar-refractivity contribution in [2.24, 2.45) is 11.7 Å². The summed E-state index contributed by atoms with van der Waals surface area (Å²) in [5.41, 5.74) is 5.53. The zero-order chi connectivity index (χ0) is 10.6. The summed E-state index contributed by atoms with van der Waals surface area (Å²) < 4.78 is 0. The second-order valence-electron chi connectivity index (χ2n) is 4.21. The van der Waals surface area contributed by atoms with Crippen molar-refractivity contribution in [1.29, 1.82) is 0 Å². The van der Waals surface area contributed by atoms with Crippen LogP contribution in [0.4, 0.5) is 0 Å². The number of hydrogen-bond donors (Lipinski definition) is 1. The smallest absolute Gasteiger partial charge is 0.225 e. The largest absolute Gasteiger partial charge is 0.338 e. The van der Waals surface area contributed by atoms with Crippen molar-refractivity contribution < 1.29 is 4.79 Å². The van der Waals surface area contributed by atoms with E-state index in [4.69, 9.17) is 5.73 Å². The zero-order valence-electron chi connectivity index (χ0n) is 9.33. The van der Waals surface area contributed by atoms with Crippen LogP contribution in [0.1, 0.15) is 39.5 Å². The van der Waals surface area contributed by atoms with E-state index in [0.29, 0.717) is 18.5 Å². The van der Waals surface area contributed by atoms with Crippen LogP contribution in [-0.4, -0.2) is 29.9 Å². The molecule has 1 atom stereocenters. The van der Waals surface area contributed by atoms with Crippen LogP contribution >= 0.6 is 0 Å². The van der Waals surface area contributed by atoms with Gasteiger partial charge < -0.3 is 10.6 Å². The maximum Gasteiger partial charge on any atom is 0.225 e. The van der Waals surface area contributed by atoms with Crippen LogP contribution in [0.15, 0.2) is 0 Å². The standard InChI is InChI=1S/C11H22N2O/c1-3-9(2)11(14)13(8-7-12)10-5-4-6-10/h9-10H,3-8,12H2,1-2H3. The molecule has 1 amide bonds. The molecule has 0 aromatic rings. The van der Waals surface area contributed by atoms with Gasteiger partial charge in [0.05, 0.1) is 0 Å². The molecule has 3 heteroatoms. The van der Waals surface area contributed by atoms with E-state index in [-0.39, 0.29) is 5.92 Å². The monoisotopic (exact) mass is 198 g/mol. The Morgan fingerprint density at radius 1 is 1.57 bits per heavy atom. The minimum Gasteiger partial charge on any atom is -0.338 e. The fraction of sp³-hybridized carbons (Fsp3) is 0.909. The number of rotatable bonds is 5. The second-order valence-corrected chi connectivity index (χ2v) is 4.21. The van der Waals surface area contributed by atoms with Crippen LogP contribution in [0.25, 0.3) is 0 Å². The summed E-state index contributed by atoms with van der Waals surface area (Å²) in [5, 5.41) is 0. The fourth-order valence-electron chi connectivity index (χ4n) is 1.77. The number of carbonyl (C=O) groups excluding carboxylic acids is 1. The zero-order valence-corrected chi connectivity index (χ0v) is 9.33. The molecule has 14 heavy (non-hydrogen) atoms. The highest BCUT2D eigenvalue weighted by molar-refractivity contribution is 5.78. The quantitative estimate of drug-likeness (QED) is 0.725. The lowest BCUT2D eigenvalue weighted by molar-refractivity contribution is -0.139. The summed E-state index contributed by atoms with van der Waals surface area (Å²) >= 11 is 0. The average Bonchev–Trinajstić information content (AvgIpc) is 2.12. The molecule has 82 valence electrons. The number of carbonyl (C=O) groups is 1. The molecule has 2 N–H and O–H groups in total. The predicted molar refractivity (Wildman–Crippen MR) is 57.9 cm³/mol. The van der Waals surface area contributed by atoms with Crippen LogP contribution in [0.3, 0.4) is 0 Å². The number of nitrogens with two attached hydrogens (primary N) is 1. The third-order valence-electron chi connectivity index (χ3n) is 3.20. The molecule has 0 spiro atoms. The summed E-state index contributed by atoms with van der Waals surface area (Å²) in [5.74, 6) is 0.449. The molecule has 0 heterocycles. The molecule has 1 rings (SSSR count). The van der Waals surface area contributed by atoms with Crippen molar-refractivity contribution in [3.63, 3.8) is 0 Å². The lowest BCUT2D eigenvalue weighted by Gasteiger charge is -2.38. The Balaban J connectivity index is 2.51. The Hall–Kier alpha value is -0.570. The minimum atomic E-state index is 0.155. The summed E-state index contributed by atoms with van der Waals surface area (Å²) in [6.45, 7) is 5.38. The van der Waals surface area contributed by atoms with Gasteiger partial charge in [-0.2, -0.15) is 0 Å². The van der Waals surface area contributed by atoms with Gasteiger partial charge in [-0.15, -0.1) is 0 Å². The molecule has 1 saturated carbocycles. The summed E-state index contributed by atoms with van der Waals surface area (Å²) in [6.07, 6.45) is 4.52. The van der Waals surface area contributed by atoms with Gasteiger partial charge in [0.1, 0.15) is 0 Å². The molecule has 0 saturated heterocycles. The molecule has 0 bridgehead atoms. The van der Waals surface area contributed by atoms with Gasteiger partial charge in [-0.1, -0.05) is 13.8 Å². The van der Waals surface area contributed by atoms with E-state index in [9.17, 15) is 4.79 Å². The van der Waals surface area contributed by atoms with E-state index in [0.717, 1.165) is 13.0 Å². The Bertz CT molecular complexity index is 190. The van der Waals surface area contributed by atoms with Gasteiger partial charge in [0, 0.05) is 25.0 Å². The van der Waals surface area contributed by atoms with Crippen LogP contribution in [0, 0.1) is 5.92 Å². The molecular weight excluding hydrogens is 176 g/mol. The highest BCUT2D eigenvalue weighted by Gasteiger charge is 2.29. The van der Waals surface area contributed by atoms with Crippen molar-refractivity contribution in [3.05, 3.63) is 0 Å². The molecule has 3 nitrogen and oxygen atoms in total. The van der Waals surface area contributed by atoms with E-state index < -0.39 is 0 Å². The van der Waals surface area contributed by atoms with Gasteiger partial charge in [0.15, 0.2) is 0 Å².